The van der Waals surface area contributed by atoms with Crippen molar-refractivity contribution in [2.75, 3.05) is 31.2 Å². The zero-order valence-corrected chi connectivity index (χ0v) is 19.8. The number of hydrogen-bond donors (Lipinski definition) is 1. The van der Waals surface area contributed by atoms with Gasteiger partial charge in [-0.1, -0.05) is 32.9 Å². The summed E-state index contributed by atoms with van der Waals surface area (Å²) in [6.07, 6.45) is 0.844. The van der Waals surface area contributed by atoms with Gasteiger partial charge in [0.1, 0.15) is 11.5 Å². The second kappa shape index (κ2) is 10.5. The zero-order chi connectivity index (χ0) is 24.0. The van der Waals surface area contributed by atoms with E-state index in [-0.39, 0.29) is 36.2 Å². The van der Waals surface area contributed by atoms with Gasteiger partial charge in [0, 0.05) is 25.1 Å². The number of ether oxygens (including phenoxy) is 2. The van der Waals surface area contributed by atoms with E-state index >= 15 is 0 Å². The number of ketones is 1. The molecule has 1 heterocycles. The number of Topliss-reactive ketones (excluding diaryl/α,β-unsaturated/α-hetero) is 1. The molecular formula is C26H32N2O5. The van der Waals surface area contributed by atoms with E-state index in [4.69, 9.17) is 9.47 Å². The van der Waals surface area contributed by atoms with Gasteiger partial charge in [-0.3, -0.25) is 14.4 Å². The number of nitrogens with zero attached hydrogens (tertiary/aromatic N) is 1. The molecular weight excluding hydrogens is 420 g/mol. The van der Waals surface area contributed by atoms with Crippen molar-refractivity contribution in [3.8, 4) is 11.5 Å². The lowest BCUT2D eigenvalue weighted by Crippen LogP contribution is -2.40. The van der Waals surface area contributed by atoms with Crippen LogP contribution in [0.4, 0.5) is 5.69 Å². The summed E-state index contributed by atoms with van der Waals surface area (Å²) >= 11 is 0. The molecule has 1 N–H and O–H groups in total. The highest BCUT2D eigenvalue weighted by Gasteiger charge is 2.26. The van der Waals surface area contributed by atoms with Crippen LogP contribution >= 0.6 is 0 Å². The minimum atomic E-state index is -0.196. The van der Waals surface area contributed by atoms with Crippen molar-refractivity contribution in [1.82, 2.24) is 5.32 Å². The molecule has 0 saturated heterocycles. The number of nitrogens with one attached hydrogen (secondary N) is 1. The fourth-order valence-electron chi connectivity index (χ4n) is 3.59. The fraction of sp³-hybridized carbons (Fsp3) is 0.423. The monoisotopic (exact) mass is 452 g/mol. The topological polar surface area (TPSA) is 84.9 Å². The van der Waals surface area contributed by atoms with Crippen LogP contribution in [0, 0.1) is 0 Å². The van der Waals surface area contributed by atoms with Gasteiger partial charge in [-0.25, -0.2) is 0 Å². The minimum Gasteiger partial charge on any atom is -0.485 e. The SMILES string of the molecule is CCNC(=O)CCCN1C(=O)COc2ccc(C(=O)COc3ccc(C(C)(C)C)cc3)cc21. The number of carbonyl (C=O) groups excluding carboxylic acids is 3. The third-order valence-corrected chi connectivity index (χ3v) is 5.47. The van der Waals surface area contributed by atoms with Crippen LogP contribution in [0.5, 0.6) is 11.5 Å². The molecule has 0 atom stereocenters. The van der Waals surface area contributed by atoms with Crippen molar-refractivity contribution < 1.29 is 23.9 Å². The van der Waals surface area contributed by atoms with Crippen LogP contribution in [0.2, 0.25) is 0 Å². The van der Waals surface area contributed by atoms with Gasteiger partial charge in [-0.2, -0.15) is 0 Å². The molecule has 1 aliphatic rings. The van der Waals surface area contributed by atoms with Crippen LogP contribution in [0.25, 0.3) is 0 Å². The van der Waals surface area contributed by atoms with Gasteiger partial charge in [0.2, 0.25) is 5.91 Å². The minimum absolute atomic E-state index is 0.0443. The number of rotatable bonds is 9. The summed E-state index contributed by atoms with van der Waals surface area (Å²) in [4.78, 5) is 38.5. The first-order valence-corrected chi connectivity index (χ1v) is 11.3. The molecule has 176 valence electrons. The number of amides is 2. The summed E-state index contributed by atoms with van der Waals surface area (Å²) in [5.41, 5.74) is 2.21. The summed E-state index contributed by atoms with van der Waals surface area (Å²) in [7, 11) is 0. The van der Waals surface area contributed by atoms with Gasteiger partial charge in [-0.05, 0) is 54.7 Å². The lowest BCUT2D eigenvalue weighted by atomic mass is 9.87. The Morgan fingerprint density at radius 3 is 2.52 bits per heavy atom. The van der Waals surface area contributed by atoms with E-state index in [9.17, 15) is 14.4 Å². The van der Waals surface area contributed by atoms with Gasteiger partial charge in [0.15, 0.2) is 19.0 Å². The summed E-state index contributed by atoms with van der Waals surface area (Å²) in [5.74, 6) is 0.730. The largest absolute Gasteiger partial charge is 0.485 e. The van der Waals surface area contributed by atoms with Crippen molar-refractivity contribution in [2.45, 2.75) is 46.0 Å². The van der Waals surface area contributed by atoms with Crippen LogP contribution < -0.4 is 19.7 Å². The molecule has 0 fully saturated rings. The second-order valence-electron chi connectivity index (χ2n) is 9.06. The van der Waals surface area contributed by atoms with E-state index in [1.165, 1.54) is 5.56 Å². The Bertz CT molecular complexity index is 1010. The van der Waals surface area contributed by atoms with E-state index < -0.39 is 0 Å². The quantitative estimate of drug-likeness (QED) is 0.584. The number of anilines is 1. The van der Waals surface area contributed by atoms with Gasteiger partial charge < -0.3 is 19.7 Å². The van der Waals surface area contributed by atoms with Crippen LogP contribution in [0.3, 0.4) is 0 Å². The summed E-state index contributed by atoms with van der Waals surface area (Å²) in [6.45, 7) is 9.06. The first-order chi connectivity index (χ1) is 15.7. The molecule has 2 amide bonds. The van der Waals surface area contributed by atoms with Crippen molar-refractivity contribution >= 4 is 23.3 Å². The maximum Gasteiger partial charge on any atom is 0.265 e. The van der Waals surface area contributed by atoms with Crippen LogP contribution in [-0.2, 0) is 15.0 Å². The summed E-state index contributed by atoms with van der Waals surface area (Å²) < 4.78 is 11.2. The molecule has 2 aromatic rings. The first kappa shape index (κ1) is 24.3. The molecule has 0 radical (unpaired) electrons. The number of benzene rings is 2. The normalized spacial score (nSPS) is 13.2. The number of carbonyl (C=O) groups is 3. The Morgan fingerprint density at radius 1 is 1.12 bits per heavy atom. The average Bonchev–Trinajstić information content (AvgIpc) is 2.78. The molecule has 0 unspecified atom stereocenters. The first-order valence-electron chi connectivity index (χ1n) is 11.3. The van der Waals surface area contributed by atoms with Crippen LogP contribution in [0.15, 0.2) is 42.5 Å². The average molecular weight is 453 g/mol. The van der Waals surface area contributed by atoms with Gasteiger partial charge in [0.25, 0.3) is 5.91 Å². The fourth-order valence-corrected chi connectivity index (χ4v) is 3.59. The Kier molecular flexibility index (Phi) is 7.74. The Morgan fingerprint density at radius 2 is 1.85 bits per heavy atom. The molecule has 2 aromatic carbocycles. The van der Waals surface area contributed by atoms with Crippen molar-refractivity contribution in [1.29, 1.82) is 0 Å². The lowest BCUT2D eigenvalue weighted by Gasteiger charge is -2.29. The summed E-state index contributed by atoms with van der Waals surface area (Å²) in [5, 5.41) is 2.75. The van der Waals surface area contributed by atoms with E-state index in [1.807, 2.05) is 31.2 Å². The summed E-state index contributed by atoms with van der Waals surface area (Å²) in [6, 6.07) is 12.8. The van der Waals surface area contributed by atoms with Gasteiger partial charge in [0.05, 0.1) is 5.69 Å². The zero-order valence-electron chi connectivity index (χ0n) is 19.8. The highest BCUT2D eigenvalue weighted by Crippen LogP contribution is 2.33. The van der Waals surface area contributed by atoms with E-state index in [1.54, 1.807) is 23.1 Å². The molecule has 3 rings (SSSR count). The maximum atomic E-state index is 12.8. The third kappa shape index (κ3) is 6.34. The highest BCUT2D eigenvalue weighted by molar-refractivity contribution is 6.02. The van der Waals surface area contributed by atoms with Crippen LogP contribution in [0.1, 0.15) is 56.5 Å². The Hall–Kier alpha value is -3.35. The van der Waals surface area contributed by atoms with Gasteiger partial charge >= 0.3 is 0 Å². The molecule has 1 aliphatic heterocycles. The Balaban J connectivity index is 1.66. The van der Waals surface area contributed by atoms with Gasteiger partial charge in [-0.15, -0.1) is 0 Å². The predicted molar refractivity (Wildman–Crippen MR) is 127 cm³/mol. The predicted octanol–water partition coefficient (Wildman–Crippen LogP) is 3.89. The molecule has 0 spiro atoms. The van der Waals surface area contributed by atoms with Crippen molar-refractivity contribution in [3.63, 3.8) is 0 Å². The maximum absolute atomic E-state index is 12.8. The molecule has 7 heteroatoms. The Labute approximate surface area is 195 Å². The van der Waals surface area contributed by atoms with Crippen LogP contribution in [-0.4, -0.2) is 43.9 Å². The molecule has 0 bridgehead atoms. The third-order valence-electron chi connectivity index (χ3n) is 5.47. The molecule has 0 aromatic heterocycles. The van der Waals surface area contributed by atoms with Crippen molar-refractivity contribution in [3.05, 3.63) is 53.6 Å². The number of fused-ring (bicyclic) bond motifs is 1. The second-order valence-corrected chi connectivity index (χ2v) is 9.06. The van der Waals surface area contributed by atoms with E-state index in [0.717, 1.165) is 0 Å². The molecule has 33 heavy (non-hydrogen) atoms. The molecule has 0 saturated carbocycles. The van der Waals surface area contributed by atoms with E-state index in [0.29, 0.717) is 48.7 Å². The smallest absolute Gasteiger partial charge is 0.265 e. The van der Waals surface area contributed by atoms with E-state index in [2.05, 4.69) is 26.1 Å². The molecule has 0 aliphatic carbocycles. The van der Waals surface area contributed by atoms with Crippen molar-refractivity contribution in [2.24, 2.45) is 0 Å². The number of hydrogen-bond acceptors (Lipinski definition) is 5. The lowest BCUT2D eigenvalue weighted by molar-refractivity contribution is -0.122. The molecule has 7 nitrogen and oxygen atoms in total. The standard InChI is InChI=1S/C26H32N2O5/c1-5-27-24(30)7-6-14-28-21-15-18(8-13-23(21)33-17-25(28)31)22(29)16-32-20-11-9-19(10-12-20)26(2,3)4/h8-13,15H,5-7,14,16-17H2,1-4H3,(H,27,30). The highest BCUT2D eigenvalue weighted by atomic mass is 16.5.